The third-order valence-electron chi connectivity index (χ3n) is 4.07. The van der Waals surface area contributed by atoms with Crippen molar-refractivity contribution in [3.63, 3.8) is 0 Å². The average molecular weight is 312 g/mol. The quantitative estimate of drug-likeness (QED) is 0.373. The predicted molar refractivity (Wildman–Crippen MR) is 98.7 cm³/mol. The second-order valence-corrected chi connectivity index (χ2v) is 5.94. The fourth-order valence-corrected chi connectivity index (χ4v) is 3.10. The lowest BCUT2D eigenvalue weighted by atomic mass is 9.95. The summed E-state index contributed by atoms with van der Waals surface area (Å²) in [5.41, 5.74) is 3.09. The van der Waals surface area contributed by atoms with Crippen LogP contribution in [0.15, 0.2) is 66.7 Å². The Hall–Kier alpha value is -2.75. The van der Waals surface area contributed by atoms with Crippen molar-refractivity contribution in [2.24, 2.45) is 0 Å². The van der Waals surface area contributed by atoms with Gasteiger partial charge in [-0.1, -0.05) is 53.9 Å². The van der Waals surface area contributed by atoms with Crippen molar-refractivity contribution < 1.29 is 0 Å². The fraction of sp³-hybridized carbons (Fsp3) is 0. The minimum Gasteiger partial charge on any atom is -0.115 e. The summed E-state index contributed by atoms with van der Waals surface area (Å²) in [5, 5.41) is 5.32. The molecule has 0 fully saturated rings. The zero-order valence-electron chi connectivity index (χ0n) is 12.3. The molecule has 4 aromatic carbocycles. The maximum atomic E-state index is 6.12. The molecule has 0 N–H and O–H groups in total. The van der Waals surface area contributed by atoms with Crippen LogP contribution in [-0.4, -0.2) is 0 Å². The van der Waals surface area contributed by atoms with Crippen LogP contribution in [0.4, 0.5) is 0 Å². The van der Waals surface area contributed by atoms with E-state index in [1.807, 2.05) is 42.5 Å². The summed E-state index contributed by atoms with van der Waals surface area (Å²) in [6.07, 6.45) is 5.50. The van der Waals surface area contributed by atoms with Gasteiger partial charge in [0.2, 0.25) is 0 Å². The SMILES string of the molecule is C#Cc1ccc2c(-c3ccc4ccc(Cl)cc4c3)[c]ccc2c1. The van der Waals surface area contributed by atoms with Gasteiger partial charge < -0.3 is 0 Å². The topological polar surface area (TPSA) is 0 Å². The van der Waals surface area contributed by atoms with Crippen LogP contribution in [0.5, 0.6) is 0 Å². The first-order chi connectivity index (χ1) is 11.2. The summed E-state index contributed by atoms with van der Waals surface area (Å²) in [7, 11) is 0. The van der Waals surface area contributed by atoms with Gasteiger partial charge in [0.15, 0.2) is 0 Å². The van der Waals surface area contributed by atoms with Crippen LogP contribution in [-0.2, 0) is 0 Å². The summed E-state index contributed by atoms with van der Waals surface area (Å²) >= 11 is 6.12. The fourth-order valence-electron chi connectivity index (χ4n) is 2.92. The molecular weight excluding hydrogens is 300 g/mol. The highest BCUT2D eigenvalue weighted by molar-refractivity contribution is 6.31. The Morgan fingerprint density at radius 3 is 2.57 bits per heavy atom. The number of fused-ring (bicyclic) bond motifs is 2. The molecule has 0 amide bonds. The first-order valence-electron chi connectivity index (χ1n) is 7.35. The Bertz CT molecular complexity index is 1080. The molecule has 0 spiro atoms. The summed E-state index contributed by atoms with van der Waals surface area (Å²) in [6.45, 7) is 0. The molecule has 0 nitrogen and oxygen atoms in total. The minimum absolute atomic E-state index is 0.746. The van der Waals surface area contributed by atoms with E-state index in [1.54, 1.807) is 0 Å². The van der Waals surface area contributed by atoms with Crippen LogP contribution in [0.25, 0.3) is 32.7 Å². The van der Waals surface area contributed by atoms with Gasteiger partial charge in [0.1, 0.15) is 0 Å². The molecule has 0 saturated carbocycles. The molecule has 1 heteroatoms. The van der Waals surface area contributed by atoms with Crippen molar-refractivity contribution >= 4 is 33.1 Å². The Kier molecular flexibility index (Phi) is 3.30. The van der Waals surface area contributed by atoms with Gasteiger partial charge in [0, 0.05) is 10.6 Å². The smallest absolute Gasteiger partial charge is 0.0412 e. The lowest BCUT2D eigenvalue weighted by molar-refractivity contribution is 1.65. The molecule has 1 radical (unpaired) electrons. The van der Waals surface area contributed by atoms with E-state index in [0.717, 1.165) is 37.9 Å². The van der Waals surface area contributed by atoms with Gasteiger partial charge in [-0.3, -0.25) is 0 Å². The molecule has 4 aromatic rings. The van der Waals surface area contributed by atoms with Crippen molar-refractivity contribution in [2.45, 2.75) is 0 Å². The Morgan fingerprint density at radius 2 is 1.70 bits per heavy atom. The van der Waals surface area contributed by atoms with Crippen molar-refractivity contribution in [3.05, 3.63) is 83.4 Å². The predicted octanol–water partition coefficient (Wildman–Crippen LogP) is 6.09. The number of hydrogen-bond acceptors (Lipinski definition) is 0. The van der Waals surface area contributed by atoms with Gasteiger partial charge in [-0.2, -0.15) is 0 Å². The van der Waals surface area contributed by atoms with E-state index in [0.29, 0.717) is 0 Å². The summed E-state index contributed by atoms with van der Waals surface area (Å²) in [4.78, 5) is 0. The molecule has 0 saturated heterocycles. The molecule has 0 atom stereocenters. The molecule has 0 aromatic heterocycles. The molecule has 0 bridgehead atoms. The molecule has 0 heterocycles. The summed E-state index contributed by atoms with van der Waals surface area (Å²) in [5.74, 6) is 2.68. The number of hydrogen-bond donors (Lipinski definition) is 0. The number of terminal acetylenes is 1. The lowest BCUT2D eigenvalue weighted by Crippen LogP contribution is -1.84. The Morgan fingerprint density at radius 1 is 0.826 bits per heavy atom. The molecule has 107 valence electrons. The van der Waals surface area contributed by atoms with Crippen LogP contribution < -0.4 is 0 Å². The zero-order valence-corrected chi connectivity index (χ0v) is 13.1. The van der Waals surface area contributed by atoms with E-state index in [4.69, 9.17) is 18.0 Å². The summed E-state index contributed by atoms with van der Waals surface area (Å²) in [6, 6.07) is 25.7. The van der Waals surface area contributed by atoms with E-state index < -0.39 is 0 Å². The molecule has 23 heavy (non-hydrogen) atoms. The van der Waals surface area contributed by atoms with E-state index in [9.17, 15) is 0 Å². The highest BCUT2D eigenvalue weighted by Crippen LogP contribution is 2.31. The molecule has 0 aliphatic heterocycles. The van der Waals surface area contributed by atoms with Gasteiger partial charge in [0.25, 0.3) is 0 Å². The van der Waals surface area contributed by atoms with Crippen LogP contribution in [0.3, 0.4) is 0 Å². The molecule has 0 aliphatic carbocycles. The minimum atomic E-state index is 0.746. The number of benzene rings is 4. The highest BCUT2D eigenvalue weighted by atomic mass is 35.5. The molecular formula is C22H12Cl. The Labute approximate surface area is 140 Å². The van der Waals surface area contributed by atoms with Gasteiger partial charge in [0.05, 0.1) is 0 Å². The lowest BCUT2D eigenvalue weighted by Gasteiger charge is -2.08. The third kappa shape index (κ3) is 2.46. The molecule has 4 rings (SSSR count). The van der Waals surface area contributed by atoms with E-state index in [2.05, 4.69) is 36.3 Å². The maximum Gasteiger partial charge on any atom is 0.0412 e. The van der Waals surface area contributed by atoms with Crippen molar-refractivity contribution in [1.82, 2.24) is 0 Å². The second-order valence-electron chi connectivity index (χ2n) is 5.51. The standard InChI is InChI=1S/C22H12Cl/c1-2-15-6-11-22-17(12-15)4-3-5-21(22)18-8-7-16-9-10-20(23)14-19(16)13-18/h1,3-4,6-14H. The second kappa shape index (κ2) is 5.47. The Balaban J connectivity index is 1.97. The van der Waals surface area contributed by atoms with E-state index >= 15 is 0 Å². The van der Waals surface area contributed by atoms with Gasteiger partial charge in [-0.05, 0) is 69.1 Å². The summed E-state index contributed by atoms with van der Waals surface area (Å²) < 4.78 is 0. The van der Waals surface area contributed by atoms with Crippen LogP contribution in [0, 0.1) is 18.4 Å². The largest absolute Gasteiger partial charge is 0.115 e. The van der Waals surface area contributed by atoms with Crippen LogP contribution >= 0.6 is 11.6 Å². The van der Waals surface area contributed by atoms with Crippen molar-refractivity contribution in [3.8, 4) is 23.5 Å². The van der Waals surface area contributed by atoms with E-state index in [1.165, 1.54) is 5.39 Å². The van der Waals surface area contributed by atoms with Gasteiger partial charge in [-0.15, -0.1) is 6.42 Å². The number of halogens is 1. The maximum absolute atomic E-state index is 6.12. The van der Waals surface area contributed by atoms with E-state index in [-0.39, 0.29) is 0 Å². The monoisotopic (exact) mass is 311 g/mol. The van der Waals surface area contributed by atoms with Gasteiger partial charge >= 0.3 is 0 Å². The third-order valence-corrected chi connectivity index (χ3v) is 4.30. The van der Waals surface area contributed by atoms with Crippen molar-refractivity contribution in [1.29, 1.82) is 0 Å². The average Bonchev–Trinajstić information content (AvgIpc) is 2.60. The van der Waals surface area contributed by atoms with Crippen LogP contribution in [0.1, 0.15) is 5.56 Å². The van der Waals surface area contributed by atoms with Crippen molar-refractivity contribution in [2.75, 3.05) is 0 Å². The normalized spacial score (nSPS) is 10.8. The zero-order chi connectivity index (χ0) is 15.8. The first kappa shape index (κ1) is 13.9. The van der Waals surface area contributed by atoms with Gasteiger partial charge in [-0.25, -0.2) is 0 Å². The highest BCUT2D eigenvalue weighted by Gasteiger charge is 2.06. The molecule has 0 aliphatic rings. The number of rotatable bonds is 1. The molecule has 0 unspecified atom stereocenters. The first-order valence-corrected chi connectivity index (χ1v) is 7.73. The van der Waals surface area contributed by atoms with Crippen LogP contribution in [0.2, 0.25) is 5.02 Å².